The summed E-state index contributed by atoms with van der Waals surface area (Å²) in [4.78, 5) is 45.6. The van der Waals surface area contributed by atoms with E-state index in [1.54, 1.807) is 17.0 Å². The van der Waals surface area contributed by atoms with E-state index in [9.17, 15) is 9.59 Å². The van der Waals surface area contributed by atoms with Gasteiger partial charge in [0.15, 0.2) is 17.0 Å². The van der Waals surface area contributed by atoms with Crippen molar-refractivity contribution in [2.75, 3.05) is 24.4 Å². The largest absolute Gasteiger partial charge is 0.465 e. The Bertz CT molecular complexity index is 2190. The van der Waals surface area contributed by atoms with Gasteiger partial charge in [-0.1, -0.05) is 43.3 Å². The van der Waals surface area contributed by atoms with Gasteiger partial charge in [0.2, 0.25) is 0 Å². The molecule has 1 aliphatic rings. The topological polar surface area (TPSA) is 138 Å². The summed E-state index contributed by atoms with van der Waals surface area (Å²) in [5, 5.41) is 7.47. The number of methoxy groups -OCH3 is 1. The Morgan fingerprint density at radius 1 is 1.06 bits per heavy atom. The third-order valence-corrected chi connectivity index (χ3v) is 8.97. The molecule has 12 heteroatoms. The van der Waals surface area contributed by atoms with Crippen molar-refractivity contribution >= 4 is 39.5 Å². The summed E-state index contributed by atoms with van der Waals surface area (Å²) >= 11 is 0. The number of aromatic nitrogens is 6. The summed E-state index contributed by atoms with van der Waals surface area (Å²) in [5.74, 6) is 0.741. The van der Waals surface area contributed by atoms with Gasteiger partial charge in [-0.25, -0.2) is 24.7 Å². The van der Waals surface area contributed by atoms with Crippen molar-refractivity contribution in [3.8, 4) is 5.69 Å². The molecule has 0 spiro atoms. The van der Waals surface area contributed by atoms with E-state index in [-0.39, 0.29) is 23.8 Å². The lowest BCUT2D eigenvalue weighted by molar-refractivity contribution is -0.0298. The number of hydrogen-bond acceptors (Lipinski definition) is 10. The van der Waals surface area contributed by atoms with Crippen molar-refractivity contribution in [1.29, 1.82) is 0 Å². The summed E-state index contributed by atoms with van der Waals surface area (Å²) in [6.45, 7) is 5.07. The number of benzene rings is 3. The molecular weight excluding hydrogens is 620 g/mol. The minimum atomic E-state index is -0.389. The molecule has 4 heterocycles. The van der Waals surface area contributed by atoms with E-state index < -0.39 is 0 Å². The molecule has 1 aliphatic heterocycles. The van der Waals surface area contributed by atoms with Crippen molar-refractivity contribution in [2.24, 2.45) is 0 Å². The lowest BCUT2D eigenvalue weighted by Gasteiger charge is -2.24. The Kier molecular flexibility index (Phi) is 9.03. The molecule has 1 saturated heterocycles. The number of carbonyl (C=O) groups is 1. The molecule has 6 aromatic rings. The van der Waals surface area contributed by atoms with Crippen LogP contribution in [0.3, 0.4) is 0 Å². The summed E-state index contributed by atoms with van der Waals surface area (Å²) in [5.41, 5.74) is 5.35. The molecule has 2 N–H and O–H groups in total. The van der Waals surface area contributed by atoms with Gasteiger partial charge in [0.25, 0.3) is 5.56 Å². The number of rotatable bonds is 10. The van der Waals surface area contributed by atoms with Crippen LogP contribution in [0.1, 0.15) is 72.2 Å². The van der Waals surface area contributed by atoms with Crippen LogP contribution in [0.4, 0.5) is 11.5 Å². The van der Waals surface area contributed by atoms with E-state index in [0.29, 0.717) is 70.2 Å². The smallest absolute Gasteiger partial charge is 0.338 e. The molecule has 12 nitrogen and oxygen atoms in total. The molecule has 3 aromatic heterocycles. The zero-order valence-corrected chi connectivity index (χ0v) is 27.7. The molecule has 1 fully saturated rings. The van der Waals surface area contributed by atoms with Crippen molar-refractivity contribution < 1.29 is 14.3 Å². The van der Waals surface area contributed by atoms with Crippen LogP contribution < -0.4 is 16.2 Å². The van der Waals surface area contributed by atoms with Crippen LogP contribution in [0.5, 0.6) is 0 Å². The number of ether oxygens (including phenoxy) is 2. The highest BCUT2D eigenvalue weighted by Crippen LogP contribution is 2.31. The van der Waals surface area contributed by atoms with Crippen molar-refractivity contribution in [2.45, 2.75) is 58.3 Å². The van der Waals surface area contributed by atoms with E-state index >= 15 is 0 Å². The van der Waals surface area contributed by atoms with Gasteiger partial charge in [-0.15, -0.1) is 0 Å². The number of anilines is 2. The van der Waals surface area contributed by atoms with E-state index in [2.05, 4.69) is 25.6 Å². The fourth-order valence-corrected chi connectivity index (χ4v) is 6.45. The van der Waals surface area contributed by atoms with Crippen LogP contribution >= 0.6 is 0 Å². The van der Waals surface area contributed by atoms with E-state index in [0.717, 1.165) is 30.4 Å². The molecule has 49 heavy (non-hydrogen) atoms. The molecule has 1 unspecified atom stereocenters. The fourth-order valence-electron chi connectivity index (χ4n) is 6.45. The summed E-state index contributed by atoms with van der Waals surface area (Å²) in [6.07, 6.45) is 6.83. The average molecular weight is 659 g/mol. The second-order valence-electron chi connectivity index (χ2n) is 12.1. The van der Waals surface area contributed by atoms with E-state index in [1.165, 1.54) is 13.4 Å². The molecule has 7 rings (SSSR count). The molecule has 0 aliphatic carbocycles. The number of nitrogens with zero attached hydrogens (tertiary/aromatic N) is 6. The van der Waals surface area contributed by atoms with Gasteiger partial charge in [-0.05, 0) is 74.1 Å². The van der Waals surface area contributed by atoms with Gasteiger partial charge in [-0.3, -0.25) is 13.9 Å². The van der Waals surface area contributed by atoms with Gasteiger partial charge in [0, 0.05) is 18.8 Å². The average Bonchev–Trinajstić information content (AvgIpc) is 3.58. The SMILES string of the molecule is CC[C@H](Nc1ncnc2c1ncn2C1CCCCO1)c1nc2cccc(NCc3ccc(C(=O)OC)c(C)c3)c2c(=O)n1-c1ccccc1. The normalized spacial score (nSPS) is 15.3. The number of nitrogens with one attached hydrogen (secondary N) is 2. The predicted molar refractivity (Wildman–Crippen MR) is 188 cm³/mol. The number of carbonyl (C=O) groups excluding carboxylic acids is 1. The Hall–Kier alpha value is -5.62. The second kappa shape index (κ2) is 13.9. The first-order valence-electron chi connectivity index (χ1n) is 16.5. The predicted octanol–water partition coefficient (Wildman–Crippen LogP) is 6.49. The van der Waals surface area contributed by atoms with Crippen LogP contribution in [0.25, 0.3) is 27.8 Å². The lowest BCUT2D eigenvalue weighted by Crippen LogP contribution is -2.28. The van der Waals surface area contributed by atoms with Crippen molar-refractivity contribution in [3.63, 3.8) is 0 Å². The van der Waals surface area contributed by atoms with Crippen molar-refractivity contribution in [3.05, 3.63) is 112 Å². The first-order valence-corrected chi connectivity index (χ1v) is 16.5. The standard InChI is InChI=1S/C37H38N8O4/c1-4-27(42-33-32-35(40-21-39-33)44(22-41-32)30-15-8-9-18-49-30)34-43-29-14-10-13-28(31(29)36(46)45(34)25-11-6-5-7-12-25)38-20-24-16-17-26(23(2)19-24)37(47)48-3/h5-7,10-14,16-17,19,21-22,27,30,38H,4,8-9,15,18,20H2,1-3H3,(H,39,40,42)/t27-,30?/m0/s1. The number of para-hydroxylation sites is 1. The van der Waals surface area contributed by atoms with Crippen LogP contribution in [0.15, 0.2) is 84.2 Å². The summed E-state index contributed by atoms with van der Waals surface area (Å²) < 4.78 is 14.5. The quantitative estimate of drug-likeness (QED) is 0.157. The maximum absolute atomic E-state index is 14.6. The molecule has 0 radical (unpaired) electrons. The summed E-state index contributed by atoms with van der Waals surface area (Å²) in [7, 11) is 1.37. The third kappa shape index (κ3) is 6.22. The monoisotopic (exact) mass is 658 g/mol. The highest BCUT2D eigenvalue weighted by atomic mass is 16.5. The van der Waals surface area contributed by atoms with Crippen LogP contribution in [-0.4, -0.2) is 48.8 Å². The first kappa shape index (κ1) is 32.0. The van der Waals surface area contributed by atoms with Gasteiger partial charge >= 0.3 is 5.97 Å². The molecule has 250 valence electrons. The molecular formula is C37H38N8O4. The lowest BCUT2D eigenvalue weighted by atomic mass is 10.0. The van der Waals surface area contributed by atoms with E-state index in [4.69, 9.17) is 14.5 Å². The van der Waals surface area contributed by atoms with Crippen molar-refractivity contribution in [1.82, 2.24) is 29.1 Å². The Balaban J connectivity index is 1.27. The second-order valence-corrected chi connectivity index (χ2v) is 12.1. The highest BCUT2D eigenvalue weighted by Gasteiger charge is 2.25. The van der Waals surface area contributed by atoms with Gasteiger partial charge in [-0.2, -0.15) is 0 Å². The maximum atomic E-state index is 14.6. The van der Waals surface area contributed by atoms with E-state index in [1.807, 2.05) is 79.1 Å². The zero-order valence-electron chi connectivity index (χ0n) is 27.7. The van der Waals surface area contributed by atoms with Crippen LogP contribution in [0.2, 0.25) is 0 Å². The molecule has 3 aromatic carbocycles. The Labute approximate surface area is 283 Å². The number of fused-ring (bicyclic) bond motifs is 2. The molecule has 0 bridgehead atoms. The molecule has 0 saturated carbocycles. The van der Waals surface area contributed by atoms with Crippen LogP contribution in [0, 0.1) is 6.92 Å². The highest BCUT2D eigenvalue weighted by molar-refractivity contribution is 5.92. The number of hydrogen-bond donors (Lipinski definition) is 2. The number of imidazole rings is 1. The molecule has 0 amide bonds. The van der Waals surface area contributed by atoms with Crippen LogP contribution in [-0.2, 0) is 16.0 Å². The van der Waals surface area contributed by atoms with Gasteiger partial charge < -0.3 is 20.1 Å². The third-order valence-electron chi connectivity index (χ3n) is 8.97. The minimum Gasteiger partial charge on any atom is -0.465 e. The molecule has 2 atom stereocenters. The maximum Gasteiger partial charge on any atom is 0.338 e. The number of esters is 1. The minimum absolute atomic E-state index is 0.111. The Morgan fingerprint density at radius 3 is 2.67 bits per heavy atom. The summed E-state index contributed by atoms with van der Waals surface area (Å²) in [6, 6.07) is 20.4. The first-order chi connectivity index (χ1) is 24.0. The van der Waals surface area contributed by atoms with Gasteiger partial charge in [0.1, 0.15) is 18.4 Å². The zero-order chi connectivity index (χ0) is 33.9. The number of aryl methyl sites for hydroxylation is 1. The Morgan fingerprint density at radius 2 is 1.92 bits per heavy atom. The van der Waals surface area contributed by atoms with Gasteiger partial charge in [0.05, 0.1) is 41.6 Å². The fraction of sp³-hybridized carbons (Fsp3) is 0.297.